The van der Waals surface area contributed by atoms with Crippen molar-refractivity contribution < 1.29 is 10.2 Å². The highest BCUT2D eigenvalue weighted by Crippen LogP contribution is 2.28. The lowest BCUT2D eigenvalue weighted by molar-refractivity contribution is 0.148. The van der Waals surface area contributed by atoms with Gasteiger partial charge >= 0.3 is 0 Å². The van der Waals surface area contributed by atoms with Crippen LogP contribution in [0.25, 0.3) is 0 Å². The minimum absolute atomic E-state index is 0.0192. The maximum atomic E-state index is 9.59. The van der Waals surface area contributed by atoms with Crippen molar-refractivity contribution in [2.45, 2.75) is 25.9 Å². The van der Waals surface area contributed by atoms with Crippen molar-refractivity contribution in [3.8, 4) is 0 Å². The van der Waals surface area contributed by atoms with E-state index in [-0.39, 0.29) is 12.5 Å². The first-order chi connectivity index (χ1) is 5.65. The Bertz CT molecular complexity index is 206. The molecule has 2 heteroatoms. The molecule has 0 amide bonds. The van der Waals surface area contributed by atoms with Crippen LogP contribution in [-0.2, 0) is 0 Å². The zero-order valence-corrected chi connectivity index (χ0v) is 7.45. The van der Waals surface area contributed by atoms with Gasteiger partial charge in [-0.3, -0.25) is 0 Å². The molecule has 0 fully saturated rings. The molecule has 0 saturated carbocycles. The van der Waals surface area contributed by atoms with Gasteiger partial charge in [0.1, 0.15) is 0 Å². The van der Waals surface area contributed by atoms with E-state index in [2.05, 4.69) is 6.58 Å². The van der Waals surface area contributed by atoms with E-state index < -0.39 is 6.10 Å². The molecule has 1 aliphatic carbocycles. The number of aliphatic hydroxyl groups is 2. The highest BCUT2D eigenvalue weighted by Gasteiger charge is 2.23. The van der Waals surface area contributed by atoms with Crippen LogP contribution in [0.3, 0.4) is 0 Å². The molecule has 12 heavy (non-hydrogen) atoms. The molecule has 0 aliphatic heterocycles. The van der Waals surface area contributed by atoms with Gasteiger partial charge in [-0.1, -0.05) is 18.2 Å². The summed E-state index contributed by atoms with van der Waals surface area (Å²) in [7, 11) is 0. The summed E-state index contributed by atoms with van der Waals surface area (Å²) < 4.78 is 0. The van der Waals surface area contributed by atoms with Crippen molar-refractivity contribution in [3.05, 3.63) is 23.8 Å². The lowest BCUT2D eigenvalue weighted by atomic mass is 9.83. The fourth-order valence-electron chi connectivity index (χ4n) is 1.61. The summed E-state index contributed by atoms with van der Waals surface area (Å²) >= 11 is 0. The number of hydrogen-bond acceptors (Lipinski definition) is 2. The first kappa shape index (κ1) is 9.49. The van der Waals surface area contributed by atoms with E-state index in [0.717, 1.165) is 18.4 Å². The second-order valence-corrected chi connectivity index (χ2v) is 3.47. The van der Waals surface area contributed by atoms with Crippen LogP contribution in [0.1, 0.15) is 19.8 Å². The fraction of sp³-hybridized carbons (Fsp3) is 0.600. The molecular formula is C10H16O2. The molecule has 0 aromatic heterocycles. The minimum atomic E-state index is -0.446. The smallest absolute Gasteiger partial charge is 0.0789 e. The number of rotatable bonds is 2. The Morgan fingerprint density at radius 1 is 1.75 bits per heavy atom. The van der Waals surface area contributed by atoms with E-state index >= 15 is 0 Å². The van der Waals surface area contributed by atoms with Crippen molar-refractivity contribution in [3.63, 3.8) is 0 Å². The molecule has 2 N–H and O–H groups in total. The van der Waals surface area contributed by atoms with Crippen molar-refractivity contribution in [1.29, 1.82) is 0 Å². The van der Waals surface area contributed by atoms with Crippen molar-refractivity contribution in [2.75, 3.05) is 6.61 Å². The van der Waals surface area contributed by atoms with E-state index in [4.69, 9.17) is 5.11 Å². The average molecular weight is 168 g/mol. The lowest BCUT2D eigenvalue weighted by Gasteiger charge is -2.26. The molecule has 0 saturated heterocycles. The van der Waals surface area contributed by atoms with Gasteiger partial charge in [-0.2, -0.15) is 0 Å². The van der Waals surface area contributed by atoms with E-state index in [0.29, 0.717) is 0 Å². The zero-order chi connectivity index (χ0) is 9.14. The van der Waals surface area contributed by atoms with Crippen molar-refractivity contribution >= 4 is 0 Å². The summed E-state index contributed by atoms with van der Waals surface area (Å²) in [5.74, 6) is 0.0544. The normalized spacial score (nSPS) is 29.8. The van der Waals surface area contributed by atoms with Crippen LogP contribution in [0, 0.1) is 5.92 Å². The number of allylic oxidation sites excluding steroid dienone is 1. The van der Waals surface area contributed by atoms with Gasteiger partial charge in [-0.05, 0) is 25.3 Å². The third kappa shape index (κ3) is 1.96. The topological polar surface area (TPSA) is 40.5 Å². The summed E-state index contributed by atoms with van der Waals surface area (Å²) in [6.07, 6.45) is 3.32. The Labute approximate surface area is 73.2 Å². The van der Waals surface area contributed by atoms with Crippen molar-refractivity contribution in [1.82, 2.24) is 0 Å². The van der Waals surface area contributed by atoms with Crippen molar-refractivity contribution in [2.24, 2.45) is 5.92 Å². The van der Waals surface area contributed by atoms with Gasteiger partial charge in [-0.25, -0.2) is 0 Å². The number of aliphatic hydroxyl groups excluding tert-OH is 2. The standard InChI is InChI=1S/C10H16O2/c1-7-3-4-9(8(2)6-11)10(12)5-7/h5,9-12H,2-4,6H2,1H3/t9-,10?/m0/s1. The predicted molar refractivity (Wildman–Crippen MR) is 48.7 cm³/mol. The fourth-order valence-corrected chi connectivity index (χ4v) is 1.61. The molecule has 2 nitrogen and oxygen atoms in total. The largest absolute Gasteiger partial charge is 0.392 e. The maximum absolute atomic E-state index is 9.59. The van der Waals surface area contributed by atoms with Gasteiger partial charge < -0.3 is 10.2 Å². The average Bonchev–Trinajstić information content (AvgIpc) is 2.03. The second-order valence-electron chi connectivity index (χ2n) is 3.47. The molecule has 2 atom stereocenters. The third-order valence-corrected chi connectivity index (χ3v) is 2.44. The Balaban J connectivity index is 2.64. The molecule has 0 bridgehead atoms. The Hall–Kier alpha value is -0.600. The van der Waals surface area contributed by atoms with Gasteiger partial charge in [-0.15, -0.1) is 0 Å². The van der Waals surface area contributed by atoms with E-state index in [1.54, 1.807) is 0 Å². The third-order valence-electron chi connectivity index (χ3n) is 2.44. The molecule has 0 aromatic rings. The van der Waals surface area contributed by atoms with Gasteiger partial charge in [0.15, 0.2) is 0 Å². The van der Waals surface area contributed by atoms with Crippen LogP contribution in [0.15, 0.2) is 23.8 Å². The van der Waals surface area contributed by atoms with Crippen LogP contribution < -0.4 is 0 Å². The molecule has 68 valence electrons. The summed E-state index contributed by atoms with van der Waals surface area (Å²) in [5.41, 5.74) is 1.97. The first-order valence-corrected chi connectivity index (χ1v) is 4.29. The van der Waals surface area contributed by atoms with Crippen LogP contribution in [-0.4, -0.2) is 22.9 Å². The van der Waals surface area contributed by atoms with Crippen LogP contribution in [0.2, 0.25) is 0 Å². The summed E-state index contributed by atoms with van der Waals surface area (Å²) in [5, 5.41) is 18.4. The molecule has 0 radical (unpaired) electrons. The predicted octanol–water partition coefficient (Wildman–Crippen LogP) is 1.25. The van der Waals surface area contributed by atoms with Gasteiger partial charge in [0.05, 0.1) is 12.7 Å². The second kappa shape index (κ2) is 3.87. The lowest BCUT2D eigenvalue weighted by Crippen LogP contribution is -2.24. The highest BCUT2D eigenvalue weighted by molar-refractivity contribution is 5.16. The summed E-state index contributed by atoms with van der Waals surface area (Å²) in [4.78, 5) is 0. The monoisotopic (exact) mass is 168 g/mol. The molecular weight excluding hydrogens is 152 g/mol. The highest BCUT2D eigenvalue weighted by atomic mass is 16.3. The summed E-state index contributed by atoms with van der Waals surface area (Å²) in [6.45, 7) is 5.73. The molecule has 0 heterocycles. The molecule has 0 spiro atoms. The Kier molecular flexibility index (Phi) is 3.06. The van der Waals surface area contributed by atoms with E-state index in [9.17, 15) is 5.11 Å². The molecule has 1 aliphatic rings. The molecule has 1 rings (SSSR count). The van der Waals surface area contributed by atoms with Crippen LogP contribution in [0.5, 0.6) is 0 Å². The maximum Gasteiger partial charge on any atom is 0.0789 e. The Morgan fingerprint density at radius 3 is 2.92 bits per heavy atom. The van der Waals surface area contributed by atoms with Gasteiger partial charge in [0, 0.05) is 5.92 Å². The van der Waals surface area contributed by atoms with Gasteiger partial charge in [0.25, 0.3) is 0 Å². The zero-order valence-electron chi connectivity index (χ0n) is 7.45. The van der Waals surface area contributed by atoms with Crippen LogP contribution >= 0.6 is 0 Å². The van der Waals surface area contributed by atoms with E-state index in [1.807, 2.05) is 13.0 Å². The molecule has 1 unspecified atom stereocenters. The first-order valence-electron chi connectivity index (χ1n) is 4.29. The van der Waals surface area contributed by atoms with Gasteiger partial charge in [0.2, 0.25) is 0 Å². The van der Waals surface area contributed by atoms with E-state index in [1.165, 1.54) is 5.57 Å². The molecule has 0 aromatic carbocycles. The summed E-state index contributed by atoms with van der Waals surface area (Å²) in [6, 6.07) is 0. The quantitative estimate of drug-likeness (QED) is 0.609. The minimum Gasteiger partial charge on any atom is -0.392 e. The number of hydrogen-bond donors (Lipinski definition) is 2. The SMILES string of the molecule is C=C(CO)[C@@H]1CCC(C)=CC1O. The Morgan fingerprint density at radius 2 is 2.42 bits per heavy atom. The van der Waals surface area contributed by atoms with Crippen LogP contribution in [0.4, 0.5) is 0 Å².